The molecular formula is C4H9I2N3. The molecule has 0 amide bonds. The van der Waals surface area contributed by atoms with E-state index in [1.165, 1.54) is 0 Å². The van der Waals surface area contributed by atoms with Crippen LogP contribution in [0.1, 0.15) is 0 Å². The first kappa shape index (κ1) is 8.44. The van der Waals surface area contributed by atoms with Crippen LogP contribution in [0.2, 0.25) is 0 Å². The minimum Gasteiger partial charge on any atom is -0.279 e. The molecule has 0 unspecified atom stereocenters. The summed E-state index contributed by atoms with van der Waals surface area (Å²) in [6.45, 7) is 3.20. The van der Waals surface area contributed by atoms with Crippen LogP contribution >= 0.6 is 45.7 Å². The summed E-state index contributed by atoms with van der Waals surface area (Å²) in [5.74, 6) is 0. The zero-order valence-electron chi connectivity index (χ0n) is 5.22. The summed E-state index contributed by atoms with van der Waals surface area (Å²) in [4.78, 5) is 2.27. The Hall–Kier alpha value is 1.34. The van der Waals surface area contributed by atoms with E-state index in [-0.39, 0.29) is 0 Å². The maximum absolute atomic E-state index is 2.33. The third kappa shape index (κ3) is 2.83. The molecule has 1 heterocycles. The summed E-state index contributed by atoms with van der Waals surface area (Å²) in [6, 6.07) is 0. The van der Waals surface area contributed by atoms with Gasteiger partial charge in [0.05, 0.1) is 20.0 Å². The Morgan fingerprint density at radius 1 is 1.00 bits per heavy atom. The predicted molar refractivity (Wildman–Crippen MR) is 54.1 cm³/mol. The lowest BCUT2D eigenvalue weighted by Crippen LogP contribution is -2.45. The van der Waals surface area contributed by atoms with E-state index in [1.54, 1.807) is 0 Å². The molecule has 1 aliphatic heterocycles. The quantitative estimate of drug-likeness (QED) is 0.477. The van der Waals surface area contributed by atoms with Crippen LogP contribution in [0.5, 0.6) is 0 Å². The van der Waals surface area contributed by atoms with E-state index in [1.807, 2.05) is 0 Å². The van der Waals surface area contributed by atoms with Crippen molar-refractivity contribution < 1.29 is 0 Å². The van der Waals surface area contributed by atoms with Crippen molar-refractivity contribution in [3.8, 4) is 0 Å². The number of hydrogen-bond acceptors (Lipinski definition) is 3. The van der Waals surface area contributed by atoms with Crippen molar-refractivity contribution in [3.63, 3.8) is 0 Å². The Bertz CT molecular complexity index is 74.8. The molecule has 1 saturated heterocycles. The Kier molecular flexibility index (Phi) is 3.42. The van der Waals surface area contributed by atoms with Crippen LogP contribution in [0.15, 0.2) is 0 Å². The van der Waals surface area contributed by atoms with Crippen LogP contribution in [0, 0.1) is 0 Å². The highest BCUT2D eigenvalue weighted by Crippen LogP contribution is 2.12. The van der Waals surface area contributed by atoms with E-state index in [0.29, 0.717) is 0 Å². The summed E-state index contributed by atoms with van der Waals surface area (Å²) >= 11 is 4.66. The topological polar surface area (TPSA) is 9.72 Å². The fourth-order valence-electron chi connectivity index (χ4n) is 0.825. The van der Waals surface area contributed by atoms with Crippen molar-refractivity contribution in [3.05, 3.63) is 0 Å². The van der Waals surface area contributed by atoms with E-state index in [9.17, 15) is 0 Å². The second-order valence-electron chi connectivity index (χ2n) is 2.21. The third-order valence-electron chi connectivity index (χ3n) is 1.10. The second-order valence-corrected chi connectivity index (χ2v) is 4.93. The first-order chi connectivity index (χ1) is 4.18. The number of hydrogen-bond donors (Lipinski definition) is 0. The Labute approximate surface area is 83.3 Å². The number of nitrogens with zero attached hydrogens (tertiary/aromatic N) is 3. The van der Waals surface area contributed by atoms with Crippen LogP contribution in [-0.4, -0.2) is 38.2 Å². The first-order valence-corrected chi connectivity index (χ1v) is 4.61. The van der Waals surface area contributed by atoms with E-state index < -0.39 is 0 Å². The average Bonchev–Trinajstić information content (AvgIpc) is 1.59. The molecule has 5 heteroatoms. The zero-order chi connectivity index (χ0) is 6.85. The summed E-state index contributed by atoms with van der Waals surface area (Å²) in [7, 11) is 2.12. The molecule has 9 heavy (non-hydrogen) atoms. The molecule has 0 spiro atoms. The fraction of sp³-hybridized carbons (Fsp3) is 1.00. The van der Waals surface area contributed by atoms with Gasteiger partial charge in [0.1, 0.15) is 0 Å². The number of halogens is 2. The molecule has 0 atom stereocenters. The average molecular weight is 353 g/mol. The lowest BCUT2D eigenvalue weighted by molar-refractivity contribution is 0.124. The van der Waals surface area contributed by atoms with Gasteiger partial charge in [0, 0.05) is 45.7 Å². The molecule has 54 valence electrons. The Balaban J connectivity index is 2.34. The van der Waals surface area contributed by atoms with Crippen molar-refractivity contribution in [2.24, 2.45) is 0 Å². The maximum atomic E-state index is 2.33. The lowest BCUT2D eigenvalue weighted by atomic mass is 10.7. The van der Waals surface area contributed by atoms with E-state index in [2.05, 4.69) is 63.9 Å². The molecule has 0 aromatic rings. The SMILES string of the molecule is CN1CN(I)CN(I)C1. The standard InChI is InChI=1S/C4H9I2N3/c1-7-2-8(5)4-9(6)3-7/h2-4H2,1H3. The smallest absolute Gasteiger partial charge is 0.0717 e. The summed E-state index contributed by atoms with van der Waals surface area (Å²) in [5, 5.41) is 0. The number of rotatable bonds is 0. The van der Waals surface area contributed by atoms with Crippen LogP contribution in [0.4, 0.5) is 0 Å². The highest BCUT2D eigenvalue weighted by molar-refractivity contribution is 14.1. The molecule has 1 rings (SSSR count). The lowest BCUT2D eigenvalue weighted by Gasteiger charge is -2.33. The molecule has 0 saturated carbocycles. The maximum Gasteiger partial charge on any atom is 0.0717 e. The molecule has 3 nitrogen and oxygen atoms in total. The summed E-state index contributed by atoms with van der Waals surface area (Å²) in [6.07, 6.45) is 0. The van der Waals surface area contributed by atoms with Gasteiger partial charge in [-0.25, -0.2) is 6.23 Å². The zero-order valence-corrected chi connectivity index (χ0v) is 9.53. The van der Waals surface area contributed by atoms with Gasteiger partial charge in [-0.2, -0.15) is 0 Å². The van der Waals surface area contributed by atoms with Crippen molar-refractivity contribution in [1.29, 1.82) is 0 Å². The van der Waals surface area contributed by atoms with Crippen LogP contribution in [0.25, 0.3) is 0 Å². The minimum atomic E-state index is 1.06. The molecule has 0 aromatic carbocycles. The minimum absolute atomic E-state index is 1.06. The van der Waals surface area contributed by atoms with Gasteiger partial charge >= 0.3 is 0 Å². The highest BCUT2D eigenvalue weighted by Gasteiger charge is 2.15. The van der Waals surface area contributed by atoms with E-state index in [4.69, 9.17) is 0 Å². The monoisotopic (exact) mass is 353 g/mol. The highest BCUT2D eigenvalue weighted by atomic mass is 127. The normalized spacial score (nSPS) is 27.0. The second kappa shape index (κ2) is 3.65. The molecule has 1 aliphatic rings. The summed E-state index contributed by atoms with van der Waals surface area (Å²) in [5.41, 5.74) is 0. The molecule has 1 fully saturated rings. The van der Waals surface area contributed by atoms with Gasteiger partial charge < -0.3 is 0 Å². The van der Waals surface area contributed by atoms with Crippen molar-refractivity contribution in [2.75, 3.05) is 27.1 Å². The molecule has 0 bridgehead atoms. The van der Waals surface area contributed by atoms with E-state index in [0.717, 1.165) is 20.0 Å². The van der Waals surface area contributed by atoms with Crippen molar-refractivity contribution in [1.82, 2.24) is 11.1 Å². The van der Waals surface area contributed by atoms with Crippen LogP contribution < -0.4 is 0 Å². The third-order valence-corrected chi connectivity index (χ3v) is 2.32. The van der Waals surface area contributed by atoms with Gasteiger partial charge in [-0.1, -0.05) is 0 Å². The molecule has 0 aromatic heterocycles. The Morgan fingerprint density at radius 3 is 1.78 bits per heavy atom. The molecule has 0 N–H and O–H groups in total. The van der Waals surface area contributed by atoms with Crippen molar-refractivity contribution >= 4 is 45.7 Å². The summed E-state index contributed by atoms with van der Waals surface area (Å²) < 4.78 is 4.49. The van der Waals surface area contributed by atoms with Crippen molar-refractivity contribution in [2.45, 2.75) is 0 Å². The van der Waals surface area contributed by atoms with Gasteiger partial charge in [-0.15, -0.1) is 0 Å². The Morgan fingerprint density at radius 2 is 1.44 bits per heavy atom. The van der Waals surface area contributed by atoms with Gasteiger partial charge in [0.15, 0.2) is 0 Å². The van der Waals surface area contributed by atoms with Crippen LogP contribution in [0.3, 0.4) is 0 Å². The van der Waals surface area contributed by atoms with Crippen LogP contribution in [-0.2, 0) is 0 Å². The van der Waals surface area contributed by atoms with E-state index >= 15 is 0 Å². The molecular weight excluding hydrogens is 344 g/mol. The van der Waals surface area contributed by atoms with Gasteiger partial charge in [-0.05, 0) is 7.05 Å². The molecule has 0 radical (unpaired) electrons. The largest absolute Gasteiger partial charge is 0.279 e. The van der Waals surface area contributed by atoms with Gasteiger partial charge in [0.25, 0.3) is 0 Å². The first-order valence-electron chi connectivity index (χ1n) is 2.68. The molecule has 0 aliphatic carbocycles. The fourth-order valence-corrected chi connectivity index (χ4v) is 3.19. The van der Waals surface area contributed by atoms with Gasteiger partial charge in [0.2, 0.25) is 0 Å². The van der Waals surface area contributed by atoms with Gasteiger partial charge in [-0.3, -0.25) is 4.90 Å². The predicted octanol–water partition coefficient (Wildman–Crippen LogP) is 1.11.